The van der Waals surface area contributed by atoms with Gasteiger partial charge >= 0.3 is 0 Å². The summed E-state index contributed by atoms with van der Waals surface area (Å²) in [5.41, 5.74) is 8.28. The van der Waals surface area contributed by atoms with Gasteiger partial charge in [-0.25, -0.2) is 4.98 Å². The Morgan fingerprint density at radius 1 is 0.933 bits per heavy atom. The number of furan rings is 1. The molecular weight excluding hydrogens is 749 g/mol. The van der Waals surface area contributed by atoms with Gasteiger partial charge in [-0.2, -0.15) is 0 Å². The van der Waals surface area contributed by atoms with E-state index >= 15 is 0 Å². The molecule has 4 aromatic heterocycles. The molecule has 0 bridgehead atoms. The first-order valence-corrected chi connectivity index (χ1v) is 18.6. The van der Waals surface area contributed by atoms with E-state index in [1.54, 1.807) is 0 Å². The van der Waals surface area contributed by atoms with Gasteiger partial charge in [0.25, 0.3) is 0 Å². The van der Waals surface area contributed by atoms with Gasteiger partial charge < -0.3 is 14.0 Å². The van der Waals surface area contributed by atoms with E-state index in [2.05, 4.69) is 77.5 Å². The SMILES string of the molecule is CCn1c(-c2[c-]ccc3c2oc2nc(C)ccc23)nc2ccccc21.[2H]C(C)(C)c1c[c-]c(-c2ccc([Si](C)(C)C)cn2)cc1.[Ir]. The molecular formula is C38H38IrN4OSi-2. The summed E-state index contributed by atoms with van der Waals surface area (Å²) in [6.07, 6.45) is 2.00. The van der Waals surface area contributed by atoms with Crippen molar-refractivity contribution in [1.82, 2.24) is 19.5 Å². The molecule has 0 saturated carbocycles. The molecule has 45 heavy (non-hydrogen) atoms. The normalized spacial score (nSPS) is 12.1. The maximum atomic E-state index is 8.01. The van der Waals surface area contributed by atoms with Crippen molar-refractivity contribution in [3.05, 3.63) is 108 Å². The average Bonchev–Trinajstić information content (AvgIpc) is 3.58. The van der Waals surface area contributed by atoms with Crippen LogP contribution in [0.2, 0.25) is 19.6 Å². The molecule has 0 N–H and O–H groups in total. The summed E-state index contributed by atoms with van der Waals surface area (Å²) in [4.78, 5) is 13.9. The molecule has 7 heteroatoms. The van der Waals surface area contributed by atoms with Crippen LogP contribution in [0.15, 0.2) is 89.5 Å². The topological polar surface area (TPSA) is 56.7 Å². The van der Waals surface area contributed by atoms with Crippen LogP contribution in [0.1, 0.15) is 39.3 Å². The van der Waals surface area contributed by atoms with Gasteiger partial charge in [0.15, 0.2) is 0 Å². The van der Waals surface area contributed by atoms with Gasteiger partial charge in [-0.15, -0.1) is 53.6 Å². The van der Waals surface area contributed by atoms with Gasteiger partial charge in [0.2, 0.25) is 5.71 Å². The summed E-state index contributed by atoms with van der Waals surface area (Å²) >= 11 is 0. The van der Waals surface area contributed by atoms with Crippen LogP contribution in [0.4, 0.5) is 0 Å². The third-order valence-corrected chi connectivity index (χ3v) is 9.96. The molecule has 0 spiro atoms. The number of para-hydroxylation sites is 2. The monoisotopic (exact) mass is 788 g/mol. The first kappa shape index (κ1) is 31.1. The van der Waals surface area contributed by atoms with E-state index in [0.717, 1.165) is 67.8 Å². The molecule has 231 valence electrons. The van der Waals surface area contributed by atoms with Crippen molar-refractivity contribution in [1.29, 1.82) is 0 Å². The van der Waals surface area contributed by atoms with Crippen LogP contribution in [0.5, 0.6) is 0 Å². The molecule has 5 nitrogen and oxygen atoms in total. The van der Waals surface area contributed by atoms with Crippen LogP contribution in [0.3, 0.4) is 0 Å². The van der Waals surface area contributed by atoms with Gasteiger partial charge in [0.05, 0.1) is 30.5 Å². The Morgan fingerprint density at radius 3 is 2.40 bits per heavy atom. The Balaban J connectivity index is 0.000000182. The van der Waals surface area contributed by atoms with E-state index in [-0.39, 0.29) is 20.1 Å². The number of nitrogens with zero attached hydrogens (tertiary/aromatic N) is 4. The molecule has 3 aromatic carbocycles. The van der Waals surface area contributed by atoms with E-state index in [1.165, 1.54) is 5.19 Å². The Kier molecular flexibility index (Phi) is 9.13. The van der Waals surface area contributed by atoms with Crippen molar-refractivity contribution in [2.24, 2.45) is 0 Å². The second-order valence-electron chi connectivity index (χ2n) is 12.3. The van der Waals surface area contributed by atoms with Crippen molar-refractivity contribution >= 4 is 46.4 Å². The van der Waals surface area contributed by atoms with E-state index in [0.29, 0.717) is 5.71 Å². The van der Waals surface area contributed by atoms with Gasteiger partial charge in [0.1, 0.15) is 0 Å². The fourth-order valence-corrected chi connectivity index (χ4v) is 6.39. The fraction of sp³-hybridized carbons (Fsp3) is 0.237. The van der Waals surface area contributed by atoms with Crippen LogP contribution in [-0.2, 0) is 26.7 Å². The second kappa shape index (κ2) is 13.2. The summed E-state index contributed by atoms with van der Waals surface area (Å²) in [6, 6.07) is 33.0. The van der Waals surface area contributed by atoms with Crippen molar-refractivity contribution in [2.75, 3.05) is 0 Å². The summed E-state index contributed by atoms with van der Waals surface area (Å²) in [5.74, 6) is 0.300. The van der Waals surface area contributed by atoms with Crippen LogP contribution >= 0.6 is 0 Å². The number of hydrogen-bond acceptors (Lipinski definition) is 4. The van der Waals surface area contributed by atoms with Gasteiger partial charge in [-0.1, -0.05) is 74.6 Å². The molecule has 4 heterocycles. The molecule has 0 aliphatic rings. The molecule has 0 aliphatic heterocycles. The zero-order valence-electron chi connectivity index (χ0n) is 27.8. The van der Waals surface area contributed by atoms with Crippen LogP contribution in [-0.4, -0.2) is 27.6 Å². The number of hydrogen-bond donors (Lipinski definition) is 0. The predicted octanol–water partition coefficient (Wildman–Crippen LogP) is 9.34. The molecule has 7 aromatic rings. The van der Waals surface area contributed by atoms with Crippen LogP contribution < -0.4 is 5.19 Å². The van der Waals surface area contributed by atoms with E-state index in [1.807, 2.05) is 81.6 Å². The van der Waals surface area contributed by atoms with Gasteiger partial charge in [-0.3, -0.25) is 4.98 Å². The summed E-state index contributed by atoms with van der Waals surface area (Å²) in [5, 5.41) is 3.44. The van der Waals surface area contributed by atoms with Crippen LogP contribution in [0, 0.1) is 19.1 Å². The number of rotatable bonds is 5. The Hall–Kier alpha value is -3.90. The maximum absolute atomic E-state index is 8.01. The molecule has 0 atom stereocenters. The molecule has 0 amide bonds. The Morgan fingerprint density at radius 2 is 1.73 bits per heavy atom. The minimum absolute atomic E-state index is 0. The van der Waals surface area contributed by atoms with E-state index in [9.17, 15) is 0 Å². The van der Waals surface area contributed by atoms with Crippen molar-refractivity contribution in [3.8, 4) is 22.6 Å². The number of imidazole rings is 1. The molecule has 0 unspecified atom stereocenters. The van der Waals surface area contributed by atoms with E-state index in [4.69, 9.17) is 10.8 Å². The van der Waals surface area contributed by atoms with Crippen molar-refractivity contribution in [2.45, 2.75) is 59.8 Å². The average molecular weight is 788 g/mol. The number of fused-ring (bicyclic) bond motifs is 4. The third kappa shape index (κ3) is 6.57. The Labute approximate surface area is 281 Å². The summed E-state index contributed by atoms with van der Waals surface area (Å²) < 4.78 is 16.3. The molecule has 7 rings (SSSR count). The largest absolute Gasteiger partial charge is 0.486 e. The minimum atomic E-state index is -1.29. The Bertz CT molecular complexity index is 2070. The second-order valence-corrected chi connectivity index (χ2v) is 17.4. The van der Waals surface area contributed by atoms with Gasteiger partial charge in [-0.05, 0) is 49.0 Å². The number of aryl methyl sites for hydroxylation is 2. The molecule has 0 aliphatic carbocycles. The molecule has 0 fully saturated rings. The fourth-order valence-electron chi connectivity index (χ4n) is 5.36. The van der Waals surface area contributed by atoms with Crippen molar-refractivity contribution in [3.63, 3.8) is 0 Å². The van der Waals surface area contributed by atoms with E-state index < -0.39 is 14.0 Å². The summed E-state index contributed by atoms with van der Waals surface area (Å²) in [6.45, 7) is 15.7. The molecule has 0 saturated heterocycles. The standard InChI is InChI=1S/C21H16N3O.C17H22NSi.Ir/c1-3-24-18-10-5-4-9-17(18)23-20(24)16-8-6-7-14-15-12-11-13(2)22-21(15)25-19(14)16;1-13(2)14-6-8-15(9-7-14)17-11-10-16(12-18-17)19(3,4)5;/h4-7,9-12H,3H2,1-2H3;6-8,10-13H,1-5H3;/q2*-1;/i;13D;. The minimum Gasteiger partial charge on any atom is -0.486 e. The predicted molar refractivity (Wildman–Crippen MR) is 185 cm³/mol. The van der Waals surface area contributed by atoms with Crippen LogP contribution in [0.25, 0.3) is 55.7 Å². The number of benzene rings is 3. The number of pyridine rings is 2. The zero-order valence-corrected chi connectivity index (χ0v) is 30.2. The first-order chi connectivity index (χ1) is 21.4. The maximum Gasteiger partial charge on any atom is 0.216 e. The quantitative estimate of drug-likeness (QED) is 0.129. The molecule has 1 radical (unpaired) electrons. The first-order valence-electron chi connectivity index (χ1n) is 15.6. The summed E-state index contributed by atoms with van der Waals surface area (Å²) in [7, 11) is -1.29. The van der Waals surface area contributed by atoms with Gasteiger partial charge in [0, 0.05) is 45.3 Å². The number of aromatic nitrogens is 4. The van der Waals surface area contributed by atoms with Crippen molar-refractivity contribution < 1.29 is 25.9 Å². The smallest absolute Gasteiger partial charge is 0.216 e. The zero-order chi connectivity index (χ0) is 31.9. The third-order valence-electron chi connectivity index (χ3n) is 7.93.